The molecule has 43 heavy (non-hydrogen) atoms. The van der Waals surface area contributed by atoms with Crippen LogP contribution in [0, 0.1) is 17.8 Å². The first-order valence-electron chi connectivity index (χ1n) is 12.9. The van der Waals surface area contributed by atoms with Gasteiger partial charge in [0.25, 0.3) is 0 Å². The number of fused-ring (bicyclic) bond motifs is 3. The maximum atomic E-state index is 13.9. The van der Waals surface area contributed by atoms with Crippen molar-refractivity contribution in [2.75, 3.05) is 4.90 Å². The highest BCUT2D eigenvalue weighted by Gasteiger charge is 2.57. The standard InChI is InChI=1S/C30H18BrF6NO5/c31-21-11-22(40)25-20(26(21)41)10-19-17(23(25)12-1-3-16(39)4-2-12)5-6-18-24(19)28(43)38(27(18)42)15-8-13(29(32,33)34)7-14(9-15)30(35,36)37/h1-5,7-9,11,18-19,23-24,39H,6,10H2/t18-,19+,23-,24-/m0/s1. The highest BCUT2D eigenvalue weighted by molar-refractivity contribution is 9.12. The average molecular weight is 666 g/mol. The fourth-order valence-corrected chi connectivity index (χ4v) is 7.02. The largest absolute Gasteiger partial charge is 0.508 e. The number of halogens is 7. The lowest BCUT2D eigenvalue weighted by atomic mass is 9.59. The Morgan fingerprint density at radius 1 is 0.837 bits per heavy atom. The zero-order valence-electron chi connectivity index (χ0n) is 21.6. The molecule has 6 nitrogen and oxygen atoms in total. The van der Waals surface area contributed by atoms with Crippen LogP contribution in [0.4, 0.5) is 32.0 Å². The molecule has 3 aliphatic carbocycles. The summed E-state index contributed by atoms with van der Waals surface area (Å²) in [7, 11) is 0. The van der Waals surface area contributed by atoms with E-state index in [0.717, 1.165) is 6.08 Å². The number of carbonyl (C=O) groups is 4. The molecule has 2 aromatic carbocycles. The van der Waals surface area contributed by atoms with Crippen molar-refractivity contribution >= 4 is 45.0 Å². The van der Waals surface area contributed by atoms with Gasteiger partial charge in [-0.05, 0) is 70.6 Å². The normalized spacial score (nSPS) is 25.8. The number of benzene rings is 2. The Hall–Kier alpha value is -4.00. The third kappa shape index (κ3) is 4.64. The molecule has 0 radical (unpaired) electrons. The fourth-order valence-electron chi connectivity index (χ4n) is 6.57. The molecular formula is C30H18BrF6NO5. The van der Waals surface area contributed by atoms with Crippen molar-refractivity contribution in [1.82, 2.24) is 0 Å². The predicted molar refractivity (Wildman–Crippen MR) is 142 cm³/mol. The number of phenolic OH excluding ortho intramolecular Hbond substituents is 1. The molecule has 0 saturated carbocycles. The van der Waals surface area contributed by atoms with Crippen LogP contribution in [0.5, 0.6) is 5.75 Å². The van der Waals surface area contributed by atoms with Crippen molar-refractivity contribution < 1.29 is 50.6 Å². The van der Waals surface area contributed by atoms with Gasteiger partial charge in [0, 0.05) is 23.1 Å². The summed E-state index contributed by atoms with van der Waals surface area (Å²) in [6, 6.07) is 6.43. The van der Waals surface area contributed by atoms with E-state index in [2.05, 4.69) is 15.9 Å². The van der Waals surface area contributed by atoms with Crippen molar-refractivity contribution in [2.24, 2.45) is 17.8 Å². The molecule has 6 rings (SSSR count). The molecule has 1 aliphatic heterocycles. The van der Waals surface area contributed by atoms with Crippen LogP contribution in [0.25, 0.3) is 0 Å². The molecule has 2 aromatic rings. The van der Waals surface area contributed by atoms with E-state index in [-0.39, 0.29) is 40.3 Å². The van der Waals surface area contributed by atoms with E-state index in [9.17, 15) is 50.6 Å². The van der Waals surface area contributed by atoms with E-state index in [4.69, 9.17) is 0 Å². The minimum Gasteiger partial charge on any atom is -0.508 e. The summed E-state index contributed by atoms with van der Waals surface area (Å²) >= 11 is 3.09. The van der Waals surface area contributed by atoms with Crippen LogP contribution in [0.2, 0.25) is 0 Å². The molecule has 0 bridgehead atoms. The lowest BCUT2D eigenvalue weighted by molar-refractivity contribution is -0.143. The number of allylic oxidation sites excluding steroid dienone is 6. The summed E-state index contributed by atoms with van der Waals surface area (Å²) in [5, 5.41) is 9.82. The van der Waals surface area contributed by atoms with Crippen LogP contribution in [0.3, 0.4) is 0 Å². The number of aromatic hydroxyl groups is 1. The number of amides is 2. The monoisotopic (exact) mass is 665 g/mol. The van der Waals surface area contributed by atoms with Gasteiger partial charge >= 0.3 is 12.4 Å². The lowest BCUT2D eigenvalue weighted by Gasteiger charge is -2.42. The third-order valence-electron chi connectivity index (χ3n) is 8.39. The quantitative estimate of drug-likeness (QED) is 0.174. The molecule has 1 N–H and O–H groups in total. The maximum Gasteiger partial charge on any atom is 0.416 e. The second-order valence-corrected chi connectivity index (χ2v) is 11.6. The summed E-state index contributed by atoms with van der Waals surface area (Å²) in [6.07, 6.45) is -7.81. The molecule has 0 unspecified atom stereocenters. The first-order chi connectivity index (χ1) is 20.1. The zero-order valence-corrected chi connectivity index (χ0v) is 23.2. The second kappa shape index (κ2) is 9.76. The van der Waals surface area contributed by atoms with Gasteiger partial charge in [-0.25, -0.2) is 4.90 Å². The predicted octanol–water partition coefficient (Wildman–Crippen LogP) is 6.40. The number of hydrogen-bond acceptors (Lipinski definition) is 5. The van der Waals surface area contributed by atoms with Crippen LogP contribution in [0.15, 0.2) is 75.8 Å². The van der Waals surface area contributed by atoms with E-state index in [1.807, 2.05) is 0 Å². The minimum atomic E-state index is -5.19. The number of carbonyl (C=O) groups excluding carboxylic acids is 4. The molecule has 1 heterocycles. The first kappa shape index (κ1) is 29.1. The molecule has 4 atom stereocenters. The van der Waals surface area contributed by atoms with Gasteiger partial charge in [-0.2, -0.15) is 26.3 Å². The van der Waals surface area contributed by atoms with E-state index in [0.29, 0.717) is 28.2 Å². The molecule has 1 fully saturated rings. The number of hydrogen-bond donors (Lipinski definition) is 1. The number of phenols is 1. The van der Waals surface area contributed by atoms with E-state index < -0.39 is 76.2 Å². The van der Waals surface area contributed by atoms with E-state index >= 15 is 0 Å². The Kier molecular flexibility index (Phi) is 6.60. The second-order valence-electron chi connectivity index (χ2n) is 10.8. The summed E-state index contributed by atoms with van der Waals surface area (Å²) in [4.78, 5) is 54.2. The molecular weight excluding hydrogens is 648 g/mol. The van der Waals surface area contributed by atoms with Gasteiger partial charge in [-0.15, -0.1) is 0 Å². The minimum absolute atomic E-state index is 0.0143. The van der Waals surface area contributed by atoms with Gasteiger partial charge in [0.05, 0.1) is 33.1 Å². The lowest BCUT2D eigenvalue weighted by Crippen LogP contribution is -2.39. The van der Waals surface area contributed by atoms with Crippen LogP contribution >= 0.6 is 15.9 Å². The third-order valence-corrected chi connectivity index (χ3v) is 8.98. The molecule has 1 saturated heterocycles. The molecule has 13 heteroatoms. The summed E-state index contributed by atoms with van der Waals surface area (Å²) < 4.78 is 81.4. The number of imide groups is 1. The Morgan fingerprint density at radius 2 is 1.44 bits per heavy atom. The number of nitrogens with zero attached hydrogens (tertiary/aromatic N) is 1. The highest BCUT2D eigenvalue weighted by atomic mass is 79.9. The molecule has 222 valence electrons. The molecule has 2 amide bonds. The van der Waals surface area contributed by atoms with Crippen molar-refractivity contribution in [3.63, 3.8) is 0 Å². The topological polar surface area (TPSA) is 91.8 Å². The van der Waals surface area contributed by atoms with Crippen LogP contribution in [-0.2, 0) is 31.5 Å². The Balaban J connectivity index is 1.47. The molecule has 4 aliphatic rings. The van der Waals surface area contributed by atoms with Gasteiger partial charge in [0.2, 0.25) is 11.8 Å². The number of ketones is 2. The van der Waals surface area contributed by atoms with Crippen molar-refractivity contribution in [1.29, 1.82) is 0 Å². The SMILES string of the molecule is O=C1C=C(Br)C(=O)C2=C1[C@@H](c1ccc(O)cc1)C1=CC[C@@H]3C(=O)N(c4cc(C(F)(F)F)cc(C(F)(F)F)c4)C(=O)[C@@H]3[C@@H]1C2. The average Bonchev–Trinajstić information content (AvgIpc) is 3.19. The summed E-state index contributed by atoms with van der Waals surface area (Å²) in [5.41, 5.74) is -2.90. The fraction of sp³-hybridized carbons (Fsp3) is 0.267. The molecule has 0 spiro atoms. The van der Waals surface area contributed by atoms with Crippen LogP contribution in [0.1, 0.15) is 35.4 Å². The van der Waals surface area contributed by atoms with Crippen molar-refractivity contribution in [3.05, 3.63) is 92.5 Å². The van der Waals surface area contributed by atoms with Gasteiger partial charge < -0.3 is 5.11 Å². The Labute approximate surface area is 247 Å². The first-order valence-corrected chi connectivity index (χ1v) is 13.7. The van der Waals surface area contributed by atoms with E-state index in [1.165, 1.54) is 12.1 Å². The van der Waals surface area contributed by atoms with Gasteiger partial charge in [0.15, 0.2) is 11.6 Å². The number of Topliss-reactive ketones (excluding diaryl/α,β-unsaturated/α-hetero) is 1. The smallest absolute Gasteiger partial charge is 0.416 e. The van der Waals surface area contributed by atoms with Gasteiger partial charge in [-0.3, -0.25) is 19.2 Å². The maximum absolute atomic E-state index is 13.9. The zero-order chi connectivity index (χ0) is 31.2. The van der Waals surface area contributed by atoms with Gasteiger partial charge in [-0.1, -0.05) is 23.8 Å². The highest BCUT2D eigenvalue weighted by Crippen LogP contribution is 2.56. The Bertz CT molecular complexity index is 1690. The van der Waals surface area contributed by atoms with Crippen molar-refractivity contribution in [3.8, 4) is 5.75 Å². The summed E-state index contributed by atoms with van der Waals surface area (Å²) in [6.45, 7) is 0. The van der Waals surface area contributed by atoms with Gasteiger partial charge in [0.1, 0.15) is 5.75 Å². The van der Waals surface area contributed by atoms with E-state index in [1.54, 1.807) is 18.2 Å². The van der Waals surface area contributed by atoms with Crippen LogP contribution in [-0.4, -0.2) is 28.5 Å². The number of alkyl halides is 6. The number of rotatable bonds is 2. The van der Waals surface area contributed by atoms with Crippen LogP contribution < -0.4 is 4.90 Å². The Morgan fingerprint density at radius 3 is 2.02 bits per heavy atom. The number of anilines is 1. The summed E-state index contributed by atoms with van der Waals surface area (Å²) in [5.74, 6) is -7.00. The molecule has 0 aromatic heterocycles. The van der Waals surface area contributed by atoms with Crippen molar-refractivity contribution in [2.45, 2.75) is 31.1 Å².